The van der Waals surface area contributed by atoms with E-state index in [0.29, 0.717) is 23.1 Å². The Morgan fingerprint density at radius 1 is 0.932 bits per heavy atom. The molecule has 2 aliphatic heterocycles. The average Bonchev–Trinajstić information content (AvgIpc) is 3.58. The number of oxazole rings is 1. The van der Waals surface area contributed by atoms with Crippen LogP contribution in [-0.2, 0) is 29.0 Å². The summed E-state index contributed by atoms with van der Waals surface area (Å²) in [7, 11) is 0. The Morgan fingerprint density at radius 2 is 1.66 bits per heavy atom. The lowest BCUT2D eigenvalue weighted by Gasteiger charge is -2.37. The van der Waals surface area contributed by atoms with E-state index in [-0.39, 0.29) is 43.9 Å². The maximum Gasteiger partial charge on any atom is 0.326 e. The number of rotatable bonds is 10. The lowest BCUT2D eigenvalue weighted by molar-refractivity contribution is -0.142. The highest BCUT2D eigenvalue weighted by Crippen LogP contribution is 2.41. The smallest absolute Gasteiger partial charge is 0.326 e. The van der Waals surface area contributed by atoms with Gasteiger partial charge in [-0.25, -0.2) is 9.78 Å². The van der Waals surface area contributed by atoms with E-state index >= 15 is 0 Å². The number of amides is 2. The fourth-order valence-corrected chi connectivity index (χ4v) is 8.40. The van der Waals surface area contributed by atoms with Gasteiger partial charge in [0.15, 0.2) is 29.2 Å². The minimum atomic E-state index is -1.25. The van der Waals surface area contributed by atoms with Gasteiger partial charge in [0.05, 0.1) is 6.10 Å². The molecular weight excluding hydrogens is 749 g/mol. The summed E-state index contributed by atoms with van der Waals surface area (Å²) in [5.74, 6) is 1.06. The summed E-state index contributed by atoms with van der Waals surface area (Å²) < 4.78 is 24.6. The molecule has 1 aliphatic carbocycles. The van der Waals surface area contributed by atoms with E-state index in [2.05, 4.69) is 22.2 Å². The molecular formula is C47H50N4O8. The molecule has 0 spiro atoms. The first-order chi connectivity index (χ1) is 28.4. The normalized spacial score (nSPS) is 20.3. The Kier molecular flexibility index (Phi) is 11.2. The fourth-order valence-electron chi connectivity index (χ4n) is 8.40. The van der Waals surface area contributed by atoms with E-state index in [4.69, 9.17) is 18.6 Å². The summed E-state index contributed by atoms with van der Waals surface area (Å²) >= 11 is 0. The Hall–Kier alpha value is -6.17. The van der Waals surface area contributed by atoms with Crippen LogP contribution in [0.15, 0.2) is 77.3 Å². The van der Waals surface area contributed by atoms with Crippen molar-refractivity contribution >= 4 is 17.8 Å². The van der Waals surface area contributed by atoms with Crippen molar-refractivity contribution < 1.29 is 38.1 Å². The van der Waals surface area contributed by atoms with Crippen LogP contribution in [0.5, 0.6) is 17.2 Å². The van der Waals surface area contributed by atoms with E-state index in [1.807, 2.05) is 80.6 Å². The summed E-state index contributed by atoms with van der Waals surface area (Å²) in [6.45, 7) is 9.92. The van der Waals surface area contributed by atoms with Gasteiger partial charge in [-0.1, -0.05) is 43.3 Å². The number of carbonyl (C=O) groups is 3. The fraction of sp³-hybridized carbons (Fsp3) is 0.383. The molecule has 3 aliphatic rings. The molecule has 12 nitrogen and oxygen atoms in total. The largest absolute Gasteiger partial charge is 0.490 e. The summed E-state index contributed by atoms with van der Waals surface area (Å²) in [6, 6.07) is 19.0. The number of fused-ring (bicyclic) bond motifs is 2. The highest BCUT2D eigenvalue weighted by atomic mass is 16.6. The predicted molar refractivity (Wildman–Crippen MR) is 220 cm³/mol. The third kappa shape index (κ3) is 8.53. The van der Waals surface area contributed by atoms with Crippen LogP contribution in [-0.4, -0.2) is 62.6 Å². The average molecular weight is 799 g/mol. The summed E-state index contributed by atoms with van der Waals surface area (Å²) in [5, 5.41) is 13.0. The van der Waals surface area contributed by atoms with Gasteiger partial charge in [-0.15, -0.1) is 0 Å². The Morgan fingerprint density at radius 3 is 2.36 bits per heavy atom. The maximum absolute atomic E-state index is 14.2. The van der Waals surface area contributed by atoms with Crippen molar-refractivity contribution in [3.63, 3.8) is 0 Å². The molecule has 3 atom stereocenters. The molecule has 0 saturated heterocycles. The van der Waals surface area contributed by atoms with Crippen molar-refractivity contribution in [3.05, 3.63) is 124 Å². The Labute approximate surface area is 343 Å². The van der Waals surface area contributed by atoms with Crippen LogP contribution < -0.4 is 19.5 Å². The minimum Gasteiger partial charge on any atom is -0.490 e. The second-order valence-corrected chi connectivity index (χ2v) is 16.2. The van der Waals surface area contributed by atoms with E-state index in [0.717, 1.165) is 69.1 Å². The molecule has 12 heteroatoms. The van der Waals surface area contributed by atoms with Gasteiger partial charge in [0.1, 0.15) is 30.2 Å². The van der Waals surface area contributed by atoms with E-state index in [9.17, 15) is 19.5 Å². The second kappa shape index (κ2) is 16.6. The number of carboxylic acids is 1. The molecule has 2 N–H and O–H groups in total. The van der Waals surface area contributed by atoms with Crippen molar-refractivity contribution in [1.29, 1.82) is 0 Å². The van der Waals surface area contributed by atoms with Gasteiger partial charge in [0.2, 0.25) is 5.91 Å². The molecule has 2 amide bonds. The standard InChI is InChI=1S/C47H50N4O8/c1-26-6-14-36(15-7-26)58-37-16-12-33(13-17-37)43-25-56-41-22-34-21-40(51(24-35(34)23-42(41)59-43)46(53)44-29(4)57-30(5)49-44)45(52)50-39(47(54)55)20-31-8-10-32(11-9-31)38-18-19-48-28(3)27(38)2/h8-13,16-19,22-23,26,36,39-40,43H,6-7,14-15,20-21,24-25H2,1-5H3,(H,50,52)(H,54,55)/t26-,36+,39-,40-,43+/m0/s1. The third-order valence-electron chi connectivity index (χ3n) is 12.0. The molecule has 3 aromatic carbocycles. The van der Waals surface area contributed by atoms with Gasteiger partial charge in [-0.3, -0.25) is 14.6 Å². The first kappa shape index (κ1) is 39.6. The van der Waals surface area contributed by atoms with Crippen molar-refractivity contribution in [2.24, 2.45) is 5.92 Å². The van der Waals surface area contributed by atoms with E-state index < -0.39 is 29.9 Å². The molecule has 4 heterocycles. The van der Waals surface area contributed by atoms with Crippen LogP contribution in [0, 0.1) is 33.6 Å². The lowest BCUT2D eigenvalue weighted by atomic mass is 9.89. The molecule has 0 bridgehead atoms. The molecule has 1 fully saturated rings. The van der Waals surface area contributed by atoms with Gasteiger partial charge in [0.25, 0.3) is 5.91 Å². The van der Waals surface area contributed by atoms with E-state index in [1.165, 1.54) is 17.7 Å². The monoisotopic (exact) mass is 798 g/mol. The Balaban J connectivity index is 1.000. The van der Waals surface area contributed by atoms with E-state index in [1.54, 1.807) is 20.0 Å². The third-order valence-corrected chi connectivity index (χ3v) is 12.0. The number of carbonyl (C=O) groups excluding carboxylic acids is 2. The number of ether oxygens (including phenoxy) is 3. The number of hydrogen-bond donors (Lipinski definition) is 2. The molecule has 306 valence electrons. The van der Waals surface area contributed by atoms with Crippen molar-refractivity contribution in [2.75, 3.05) is 6.61 Å². The summed E-state index contributed by atoms with van der Waals surface area (Å²) in [5.41, 5.74) is 7.40. The van der Waals surface area contributed by atoms with Crippen molar-refractivity contribution in [3.8, 4) is 28.4 Å². The molecule has 5 aromatic rings. The molecule has 8 rings (SSSR count). The summed E-state index contributed by atoms with van der Waals surface area (Å²) in [6.07, 6.45) is 6.33. The number of aliphatic carboxylic acids is 1. The zero-order valence-corrected chi connectivity index (χ0v) is 34.1. The predicted octanol–water partition coefficient (Wildman–Crippen LogP) is 7.82. The number of aromatic nitrogens is 2. The Bertz CT molecular complexity index is 2360. The van der Waals surface area contributed by atoms with Crippen molar-refractivity contribution in [2.45, 2.75) is 104 Å². The van der Waals surface area contributed by atoms with Gasteiger partial charge in [-0.2, -0.15) is 0 Å². The van der Waals surface area contributed by atoms with Crippen LogP contribution >= 0.6 is 0 Å². The number of carboxylic acid groups (broad SMARTS) is 1. The minimum absolute atomic E-state index is 0.0456. The number of nitrogens with zero attached hydrogens (tertiary/aromatic N) is 3. The molecule has 1 saturated carbocycles. The van der Waals surface area contributed by atoms with Gasteiger partial charge in [0, 0.05) is 38.2 Å². The zero-order chi connectivity index (χ0) is 41.4. The van der Waals surface area contributed by atoms with Crippen LogP contribution in [0.4, 0.5) is 0 Å². The van der Waals surface area contributed by atoms with Crippen LogP contribution in [0.3, 0.4) is 0 Å². The highest BCUT2D eigenvalue weighted by molar-refractivity contribution is 5.98. The molecule has 2 aromatic heterocycles. The maximum atomic E-state index is 14.2. The van der Waals surface area contributed by atoms with Gasteiger partial charge in [-0.05, 0) is 122 Å². The molecule has 0 radical (unpaired) electrons. The van der Waals surface area contributed by atoms with Gasteiger partial charge >= 0.3 is 5.97 Å². The number of pyridine rings is 1. The van der Waals surface area contributed by atoms with Crippen LogP contribution in [0.1, 0.15) is 94.4 Å². The van der Waals surface area contributed by atoms with Crippen molar-refractivity contribution in [1.82, 2.24) is 20.2 Å². The highest BCUT2D eigenvalue weighted by Gasteiger charge is 2.39. The van der Waals surface area contributed by atoms with Crippen LogP contribution in [0.25, 0.3) is 11.1 Å². The number of aryl methyl sites for hydroxylation is 3. The first-order valence-electron chi connectivity index (χ1n) is 20.4. The summed E-state index contributed by atoms with van der Waals surface area (Å²) in [4.78, 5) is 51.1. The lowest BCUT2D eigenvalue weighted by Crippen LogP contribution is -2.56. The quantitative estimate of drug-likeness (QED) is 0.143. The van der Waals surface area contributed by atoms with Crippen LogP contribution in [0.2, 0.25) is 0 Å². The molecule has 0 unspecified atom stereocenters. The SMILES string of the molecule is Cc1nc(C(=O)N2Cc3cc4c(cc3C[C@H]2C(=O)N[C@@H](Cc2ccc(-c3ccnc(C)c3C)cc2)C(=O)O)OC[C@H](c2ccc(O[C@H]3CC[C@@H](C)CC3)cc2)O4)c(C)o1. The number of nitrogens with one attached hydrogen (secondary N) is 1. The first-order valence-corrected chi connectivity index (χ1v) is 20.4. The van der Waals surface area contributed by atoms with Gasteiger partial charge < -0.3 is 34.0 Å². The number of benzene rings is 3. The number of hydrogen-bond acceptors (Lipinski definition) is 9. The zero-order valence-electron chi connectivity index (χ0n) is 34.1. The topological polar surface area (TPSA) is 153 Å². The second-order valence-electron chi connectivity index (χ2n) is 16.2. The molecule has 59 heavy (non-hydrogen) atoms.